The molecule has 2 N–H and O–H groups in total. The summed E-state index contributed by atoms with van der Waals surface area (Å²) in [6, 6.07) is 9.13. The summed E-state index contributed by atoms with van der Waals surface area (Å²) in [4.78, 5) is 17.8. The van der Waals surface area contributed by atoms with E-state index in [9.17, 15) is 14.3 Å². The van der Waals surface area contributed by atoms with Crippen molar-refractivity contribution in [3.63, 3.8) is 0 Å². The number of ether oxygens (including phenoxy) is 2. The summed E-state index contributed by atoms with van der Waals surface area (Å²) in [6.07, 6.45) is 0.240. The van der Waals surface area contributed by atoms with Gasteiger partial charge in [0.2, 0.25) is 0 Å². The lowest BCUT2D eigenvalue weighted by Gasteiger charge is -2.15. The first-order valence-electron chi connectivity index (χ1n) is 10.3. The van der Waals surface area contributed by atoms with Crippen LogP contribution in [-0.2, 0) is 13.0 Å². The number of pyridine rings is 1. The largest absolute Gasteiger partial charge is 0.506 e. The predicted molar refractivity (Wildman–Crippen MR) is 118 cm³/mol. The van der Waals surface area contributed by atoms with Crippen LogP contribution in [0.25, 0.3) is 11.3 Å². The maximum atomic E-state index is 15.0. The second-order valence-electron chi connectivity index (χ2n) is 7.61. The molecule has 0 aliphatic rings. The summed E-state index contributed by atoms with van der Waals surface area (Å²) in [5, 5.41) is 13.8. The Hall–Kier alpha value is -4.21. The number of nitrogens with zero attached hydrogens (tertiary/aromatic N) is 2. The van der Waals surface area contributed by atoms with Gasteiger partial charge >= 0.3 is 5.76 Å². The minimum Gasteiger partial charge on any atom is -0.506 e. The SMILES string of the molecule is COc1cccc(-c2nc(Cc3c(C)cc(OCc4noc(=O)[nH]4)c(F)c3C)ccc2O)c1F. The molecule has 10 heteroatoms. The Kier molecular flexibility index (Phi) is 6.31. The fourth-order valence-electron chi connectivity index (χ4n) is 3.63. The van der Waals surface area contributed by atoms with E-state index in [1.807, 2.05) is 0 Å². The van der Waals surface area contributed by atoms with Crippen molar-refractivity contribution in [3.05, 3.63) is 86.8 Å². The van der Waals surface area contributed by atoms with Gasteiger partial charge in [-0.1, -0.05) is 11.2 Å². The molecule has 2 aromatic heterocycles. The number of halogens is 2. The van der Waals surface area contributed by atoms with Crippen molar-refractivity contribution in [2.45, 2.75) is 26.9 Å². The van der Waals surface area contributed by atoms with Crippen LogP contribution >= 0.6 is 0 Å². The molecule has 0 unspecified atom stereocenters. The van der Waals surface area contributed by atoms with Crippen LogP contribution in [0.4, 0.5) is 8.78 Å². The molecule has 0 spiro atoms. The summed E-state index contributed by atoms with van der Waals surface area (Å²) >= 11 is 0. The lowest BCUT2D eigenvalue weighted by molar-refractivity contribution is 0.271. The number of rotatable bonds is 7. The molecular weight excluding hydrogens is 448 g/mol. The van der Waals surface area contributed by atoms with Gasteiger partial charge in [-0.15, -0.1) is 0 Å². The molecule has 0 saturated heterocycles. The van der Waals surface area contributed by atoms with Gasteiger partial charge < -0.3 is 14.6 Å². The first-order valence-corrected chi connectivity index (χ1v) is 10.3. The minimum absolute atomic E-state index is 0.000375. The molecule has 0 aliphatic carbocycles. The molecule has 4 rings (SSSR count). The molecule has 0 saturated carbocycles. The highest BCUT2D eigenvalue weighted by molar-refractivity contribution is 5.68. The average Bonchev–Trinajstić information content (AvgIpc) is 3.24. The predicted octanol–water partition coefficient (Wildman–Crippen LogP) is 4.20. The lowest BCUT2D eigenvalue weighted by Crippen LogP contribution is -2.06. The Balaban J connectivity index is 1.63. The lowest BCUT2D eigenvalue weighted by atomic mass is 9.97. The zero-order chi connectivity index (χ0) is 24.4. The molecule has 176 valence electrons. The average molecular weight is 469 g/mol. The van der Waals surface area contributed by atoms with Gasteiger partial charge in [0.05, 0.1) is 7.11 Å². The molecule has 0 bridgehead atoms. The van der Waals surface area contributed by atoms with Crippen LogP contribution in [0.15, 0.2) is 45.7 Å². The van der Waals surface area contributed by atoms with Crippen LogP contribution in [0.5, 0.6) is 17.2 Å². The second kappa shape index (κ2) is 9.34. The number of methoxy groups -OCH3 is 1. The smallest absolute Gasteiger partial charge is 0.439 e. The summed E-state index contributed by atoms with van der Waals surface area (Å²) in [6.45, 7) is 3.25. The Labute approximate surface area is 192 Å². The first kappa shape index (κ1) is 23.0. The minimum atomic E-state index is -0.726. The number of aryl methyl sites for hydroxylation is 1. The second-order valence-corrected chi connectivity index (χ2v) is 7.61. The molecule has 0 aliphatic heterocycles. The van der Waals surface area contributed by atoms with Crippen LogP contribution < -0.4 is 15.2 Å². The van der Waals surface area contributed by atoms with Crippen molar-refractivity contribution in [2.24, 2.45) is 0 Å². The zero-order valence-corrected chi connectivity index (χ0v) is 18.6. The van der Waals surface area contributed by atoms with Gasteiger partial charge in [-0.2, -0.15) is 0 Å². The van der Waals surface area contributed by atoms with E-state index in [0.29, 0.717) is 16.8 Å². The molecule has 2 heterocycles. The number of H-pyrrole nitrogens is 1. The molecule has 0 radical (unpaired) electrons. The van der Waals surface area contributed by atoms with Crippen LogP contribution in [0.2, 0.25) is 0 Å². The van der Waals surface area contributed by atoms with E-state index in [-0.39, 0.29) is 47.4 Å². The summed E-state index contributed by atoms with van der Waals surface area (Å²) in [5.74, 6) is -1.96. The third-order valence-electron chi connectivity index (χ3n) is 5.40. The maximum Gasteiger partial charge on any atom is 0.439 e. The molecule has 0 atom stereocenters. The number of aromatic nitrogens is 3. The first-order chi connectivity index (χ1) is 16.3. The maximum absolute atomic E-state index is 15.0. The molecule has 8 nitrogen and oxygen atoms in total. The zero-order valence-electron chi connectivity index (χ0n) is 18.6. The molecule has 0 fully saturated rings. The Morgan fingerprint density at radius 1 is 1.12 bits per heavy atom. The van der Waals surface area contributed by atoms with E-state index >= 15 is 4.39 Å². The van der Waals surface area contributed by atoms with Crippen molar-refractivity contribution < 1.29 is 27.9 Å². The summed E-state index contributed by atoms with van der Waals surface area (Å²) in [5.41, 5.74) is 2.43. The number of benzene rings is 2. The van der Waals surface area contributed by atoms with Gasteiger partial charge in [0.15, 0.2) is 29.0 Å². The molecule has 4 aromatic rings. The number of nitrogens with one attached hydrogen (secondary N) is 1. The van der Waals surface area contributed by atoms with Gasteiger partial charge in [0.25, 0.3) is 0 Å². The number of hydrogen-bond acceptors (Lipinski definition) is 7. The Morgan fingerprint density at radius 3 is 2.62 bits per heavy atom. The summed E-state index contributed by atoms with van der Waals surface area (Å²) in [7, 11) is 1.35. The van der Waals surface area contributed by atoms with Crippen LogP contribution in [0, 0.1) is 25.5 Å². The van der Waals surface area contributed by atoms with Crippen molar-refractivity contribution in [1.29, 1.82) is 0 Å². The topological polar surface area (TPSA) is 110 Å². The van der Waals surface area contributed by atoms with E-state index in [0.717, 1.165) is 5.56 Å². The Morgan fingerprint density at radius 2 is 1.91 bits per heavy atom. The highest BCUT2D eigenvalue weighted by atomic mass is 19.1. The fourth-order valence-corrected chi connectivity index (χ4v) is 3.63. The van der Waals surface area contributed by atoms with Crippen molar-refractivity contribution in [1.82, 2.24) is 15.1 Å². The summed E-state index contributed by atoms with van der Waals surface area (Å²) < 4.78 is 44.7. The molecule has 2 aromatic carbocycles. The monoisotopic (exact) mass is 469 g/mol. The van der Waals surface area contributed by atoms with Gasteiger partial charge in [-0.25, -0.2) is 18.6 Å². The fraction of sp³-hybridized carbons (Fsp3) is 0.208. The van der Waals surface area contributed by atoms with Gasteiger partial charge in [0, 0.05) is 17.7 Å². The standard InChI is InChI=1S/C24H21F2N3O5/c1-12-9-19(33-11-20-28-24(31)34-29-20)21(25)13(2)16(12)10-14-7-8-17(30)23(27-14)15-5-4-6-18(32-3)22(15)26/h4-9,30H,10-11H2,1-3H3,(H,28,29,31). The van der Waals surface area contributed by atoms with E-state index in [4.69, 9.17) is 9.47 Å². The third kappa shape index (κ3) is 4.47. The van der Waals surface area contributed by atoms with Gasteiger partial charge in [-0.3, -0.25) is 9.51 Å². The van der Waals surface area contributed by atoms with Crippen LogP contribution in [0.3, 0.4) is 0 Å². The number of aromatic amines is 1. The van der Waals surface area contributed by atoms with Crippen molar-refractivity contribution >= 4 is 0 Å². The van der Waals surface area contributed by atoms with Crippen molar-refractivity contribution in [3.8, 4) is 28.5 Å². The van der Waals surface area contributed by atoms with E-state index < -0.39 is 17.4 Å². The highest BCUT2D eigenvalue weighted by Crippen LogP contribution is 2.34. The van der Waals surface area contributed by atoms with Crippen molar-refractivity contribution in [2.75, 3.05) is 7.11 Å². The van der Waals surface area contributed by atoms with Crippen LogP contribution in [0.1, 0.15) is 28.2 Å². The Bertz CT molecular complexity index is 1410. The third-order valence-corrected chi connectivity index (χ3v) is 5.40. The highest BCUT2D eigenvalue weighted by Gasteiger charge is 2.19. The van der Waals surface area contributed by atoms with E-state index in [1.54, 1.807) is 32.0 Å². The molecule has 34 heavy (non-hydrogen) atoms. The number of aromatic hydroxyl groups is 1. The number of hydrogen-bond donors (Lipinski definition) is 2. The van der Waals surface area contributed by atoms with E-state index in [1.165, 1.54) is 25.3 Å². The quantitative estimate of drug-likeness (QED) is 0.417. The molecular formula is C24H21F2N3O5. The van der Waals surface area contributed by atoms with Gasteiger partial charge in [-0.05, 0) is 60.9 Å². The normalized spacial score (nSPS) is 11.0. The van der Waals surface area contributed by atoms with Crippen LogP contribution in [-0.4, -0.2) is 27.3 Å². The van der Waals surface area contributed by atoms with E-state index in [2.05, 4.69) is 19.6 Å². The molecule has 0 amide bonds. The van der Waals surface area contributed by atoms with Gasteiger partial charge in [0.1, 0.15) is 18.1 Å².